The highest BCUT2D eigenvalue weighted by molar-refractivity contribution is 5.87. The summed E-state index contributed by atoms with van der Waals surface area (Å²) in [5, 5.41) is 13.8. The van der Waals surface area contributed by atoms with Crippen LogP contribution in [0.25, 0.3) is 0 Å². The Kier molecular flexibility index (Phi) is 4.22. The van der Waals surface area contributed by atoms with Crippen LogP contribution in [0, 0.1) is 0 Å². The Labute approximate surface area is 113 Å². The average Bonchev–Trinajstić information content (AvgIpc) is 2.89. The van der Waals surface area contributed by atoms with Gasteiger partial charge in [0.05, 0.1) is 6.33 Å². The lowest BCUT2D eigenvalue weighted by Gasteiger charge is -2.06. The number of anilines is 1. The van der Waals surface area contributed by atoms with Gasteiger partial charge >= 0.3 is 12.0 Å². The smallest absolute Gasteiger partial charge is 0.356 e. The molecule has 0 fully saturated rings. The molecule has 0 saturated heterocycles. The molecule has 2 aromatic rings. The molecule has 0 aliphatic rings. The van der Waals surface area contributed by atoms with Crippen molar-refractivity contribution in [3.05, 3.63) is 36.7 Å². The first-order valence-electron chi connectivity index (χ1n) is 5.72. The van der Waals surface area contributed by atoms with Crippen molar-refractivity contribution in [2.45, 2.75) is 6.54 Å². The summed E-state index contributed by atoms with van der Waals surface area (Å²) >= 11 is 0. The van der Waals surface area contributed by atoms with Crippen LogP contribution in [0.2, 0.25) is 0 Å². The third-order valence-corrected chi connectivity index (χ3v) is 2.30. The Morgan fingerprint density at radius 2 is 2.00 bits per heavy atom. The lowest BCUT2D eigenvalue weighted by molar-refractivity contribution is 0.0691. The average molecular weight is 276 g/mol. The van der Waals surface area contributed by atoms with E-state index in [1.165, 1.54) is 24.9 Å². The van der Waals surface area contributed by atoms with Gasteiger partial charge in [-0.2, -0.15) is 0 Å². The van der Waals surface area contributed by atoms with Crippen molar-refractivity contribution in [2.75, 3.05) is 11.9 Å². The van der Waals surface area contributed by atoms with E-state index in [1.807, 2.05) is 0 Å². The lowest BCUT2D eigenvalue weighted by Crippen LogP contribution is -2.31. The first-order chi connectivity index (χ1) is 9.65. The molecule has 0 atom stereocenters. The Morgan fingerprint density at radius 1 is 1.25 bits per heavy atom. The van der Waals surface area contributed by atoms with Gasteiger partial charge in [0.15, 0.2) is 5.69 Å². The molecular formula is C11H12N6O3. The van der Waals surface area contributed by atoms with Crippen LogP contribution in [0.4, 0.5) is 10.7 Å². The minimum absolute atomic E-state index is 0.0351. The van der Waals surface area contributed by atoms with E-state index in [2.05, 4.69) is 25.6 Å². The van der Waals surface area contributed by atoms with E-state index in [4.69, 9.17) is 5.11 Å². The fourth-order valence-corrected chi connectivity index (χ4v) is 1.40. The van der Waals surface area contributed by atoms with Gasteiger partial charge in [0, 0.05) is 31.7 Å². The van der Waals surface area contributed by atoms with Crippen molar-refractivity contribution in [1.29, 1.82) is 0 Å². The summed E-state index contributed by atoms with van der Waals surface area (Å²) in [6.07, 6.45) is 5.81. The molecule has 0 aromatic carbocycles. The molecule has 2 rings (SSSR count). The summed E-state index contributed by atoms with van der Waals surface area (Å²) in [6.45, 7) is 0.720. The zero-order valence-electron chi connectivity index (χ0n) is 10.4. The molecule has 2 aromatic heterocycles. The maximum atomic E-state index is 11.5. The molecule has 0 bridgehead atoms. The molecule has 9 nitrogen and oxygen atoms in total. The highest BCUT2D eigenvalue weighted by Gasteiger charge is 2.06. The fourth-order valence-electron chi connectivity index (χ4n) is 1.40. The molecule has 0 spiro atoms. The van der Waals surface area contributed by atoms with Crippen molar-refractivity contribution in [1.82, 2.24) is 24.8 Å². The normalized spacial score (nSPS) is 10.0. The summed E-state index contributed by atoms with van der Waals surface area (Å²) in [7, 11) is 0. The van der Waals surface area contributed by atoms with Gasteiger partial charge < -0.3 is 15.0 Å². The van der Waals surface area contributed by atoms with Crippen LogP contribution >= 0.6 is 0 Å². The second kappa shape index (κ2) is 6.27. The number of imidazole rings is 1. The summed E-state index contributed by atoms with van der Waals surface area (Å²) in [5.41, 5.74) is -0.0351. The van der Waals surface area contributed by atoms with Gasteiger partial charge in [0.1, 0.15) is 0 Å². The Morgan fingerprint density at radius 3 is 2.65 bits per heavy atom. The second-order valence-electron chi connectivity index (χ2n) is 3.76. The standard InChI is InChI=1S/C11H12N6O3/c18-9(19)8-6-17(7-15-8)5-4-14-11(20)16-10-12-2-1-3-13-10/h1-3,6-7H,4-5H2,(H,18,19)(H2,12,13,14,16,20). The Balaban J connectivity index is 1.75. The highest BCUT2D eigenvalue weighted by atomic mass is 16.4. The largest absolute Gasteiger partial charge is 0.476 e. The zero-order valence-corrected chi connectivity index (χ0v) is 10.4. The van der Waals surface area contributed by atoms with Crippen LogP contribution in [0.1, 0.15) is 10.5 Å². The molecule has 0 aliphatic heterocycles. The summed E-state index contributed by atoms with van der Waals surface area (Å²) in [5.74, 6) is -0.878. The van der Waals surface area contributed by atoms with Gasteiger partial charge in [-0.3, -0.25) is 5.32 Å². The molecule has 0 radical (unpaired) electrons. The van der Waals surface area contributed by atoms with Crippen molar-refractivity contribution < 1.29 is 14.7 Å². The van der Waals surface area contributed by atoms with E-state index in [0.29, 0.717) is 13.1 Å². The Hall–Kier alpha value is -2.97. The van der Waals surface area contributed by atoms with E-state index >= 15 is 0 Å². The van der Waals surface area contributed by atoms with Crippen molar-refractivity contribution in [3.8, 4) is 0 Å². The SMILES string of the molecule is O=C(NCCn1cnc(C(=O)O)c1)Nc1ncccn1. The highest BCUT2D eigenvalue weighted by Crippen LogP contribution is 1.96. The van der Waals surface area contributed by atoms with Crippen LogP contribution < -0.4 is 10.6 Å². The summed E-state index contributed by atoms with van der Waals surface area (Å²) < 4.78 is 1.57. The van der Waals surface area contributed by atoms with E-state index in [0.717, 1.165) is 0 Å². The molecule has 9 heteroatoms. The number of carboxylic acid groups (broad SMARTS) is 1. The Bertz CT molecular complexity index is 597. The predicted octanol–water partition coefficient (Wildman–Crippen LogP) is 0.193. The number of carboxylic acids is 1. The van der Waals surface area contributed by atoms with Crippen molar-refractivity contribution >= 4 is 17.9 Å². The van der Waals surface area contributed by atoms with Crippen LogP contribution in [-0.4, -0.2) is 43.2 Å². The van der Waals surface area contributed by atoms with E-state index in [1.54, 1.807) is 10.6 Å². The molecule has 20 heavy (non-hydrogen) atoms. The van der Waals surface area contributed by atoms with Crippen molar-refractivity contribution in [3.63, 3.8) is 0 Å². The molecule has 2 amide bonds. The number of carbonyl (C=O) groups excluding carboxylic acids is 1. The molecule has 0 unspecified atom stereocenters. The quantitative estimate of drug-likeness (QED) is 0.716. The first kappa shape index (κ1) is 13.5. The fraction of sp³-hybridized carbons (Fsp3) is 0.182. The van der Waals surface area contributed by atoms with Gasteiger partial charge in [0.2, 0.25) is 5.95 Å². The number of nitrogens with one attached hydrogen (secondary N) is 2. The summed E-state index contributed by atoms with van der Waals surface area (Å²) in [4.78, 5) is 33.5. The van der Waals surface area contributed by atoms with Crippen LogP contribution in [0.5, 0.6) is 0 Å². The maximum Gasteiger partial charge on any atom is 0.356 e. The van der Waals surface area contributed by atoms with Gasteiger partial charge in [0.25, 0.3) is 0 Å². The number of carbonyl (C=O) groups is 2. The lowest BCUT2D eigenvalue weighted by atomic mass is 10.5. The minimum atomic E-state index is -1.09. The maximum absolute atomic E-state index is 11.5. The van der Waals surface area contributed by atoms with Crippen molar-refractivity contribution in [2.24, 2.45) is 0 Å². The number of aromatic nitrogens is 4. The van der Waals surface area contributed by atoms with E-state index in [9.17, 15) is 9.59 Å². The van der Waals surface area contributed by atoms with E-state index in [-0.39, 0.29) is 11.6 Å². The van der Waals surface area contributed by atoms with Crippen LogP contribution in [0.3, 0.4) is 0 Å². The number of hydrogen-bond donors (Lipinski definition) is 3. The molecule has 0 saturated carbocycles. The second-order valence-corrected chi connectivity index (χ2v) is 3.76. The third-order valence-electron chi connectivity index (χ3n) is 2.30. The van der Waals surface area contributed by atoms with Crippen LogP contribution in [0.15, 0.2) is 31.0 Å². The monoisotopic (exact) mass is 276 g/mol. The molecule has 0 aliphatic carbocycles. The van der Waals surface area contributed by atoms with E-state index < -0.39 is 12.0 Å². The number of amides is 2. The molecule has 2 heterocycles. The third kappa shape index (κ3) is 3.77. The van der Waals surface area contributed by atoms with Gasteiger partial charge in [-0.1, -0.05) is 0 Å². The number of hydrogen-bond acceptors (Lipinski definition) is 5. The number of aromatic carboxylic acids is 1. The first-order valence-corrected chi connectivity index (χ1v) is 5.72. The van der Waals surface area contributed by atoms with Gasteiger partial charge in [-0.15, -0.1) is 0 Å². The summed E-state index contributed by atoms with van der Waals surface area (Å²) in [6, 6.07) is 1.21. The zero-order chi connectivity index (χ0) is 14.4. The number of urea groups is 1. The molecule has 104 valence electrons. The topological polar surface area (TPSA) is 122 Å². The number of nitrogens with zero attached hydrogens (tertiary/aromatic N) is 4. The minimum Gasteiger partial charge on any atom is -0.476 e. The molecule has 3 N–H and O–H groups in total. The molecular weight excluding hydrogens is 264 g/mol. The van der Waals surface area contributed by atoms with Crippen LogP contribution in [-0.2, 0) is 6.54 Å². The number of rotatable bonds is 5. The van der Waals surface area contributed by atoms with Gasteiger partial charge in [-0.25, -0.2) is 24.5 Å². The predicted molar refractivity (Wildman–Crippen MR) is 68.2 cm³/mol. The van der Waals surface area contributed by atoms with Gasteiger partial charge in [-0.05, 0) is 6.07 Å².